The van der Waals surface area contributed by atoms with Crippen molar-refractivity contribution in [2.75, 3.05) is 11.9 Å². The standard InChI is InChI=1S/C25H24ClN3O3/c1-2-3-14-31-19-10-8-17(9-11-19)25(30)27-24-21-15-20(12-13-23(21)28-29-24)32-16-18-6-4-5-7-22(18)26/h4-13,15H,2-3,14,16H2,1H3,(H2,27,28,29,30). The lowest BCUT2D eigenvalue weighted by molar-refractivity contribution is 0.102. The van der Waals surface area contributed by atoms with Crippen molar-refractivity contribution < 1.29 is 14.3 Å². The summed E-state index contributed by atoms with van der Waals surface area (Å²) in [4.78, 5) is 12.7. The molecule has 0 bridgehead atoms. The van der Waals surface area contributed by atoms with Crippen molar-refractivity contribution in [3.63, 3.8) is 0 Å². The summed E-state index contributed by atoms with van der Waals surface area (Å²) < 4.78 is 11.5. The van der Waals surface area contributed by atoms with Crippen molar-refractivity contribution in [1.82, 2.24) is 10.2 Å². The Morgan fingerprint density at radius 2 is 1.81 bits per heavy atom. The Morgan fingerprint density at radius 1 is 1.03 bits per heavy atom. The number of hydrogen-bond acceptors (Lipinski definition) is 4. The van der Waals surface area contributed by atoms with E-state index in [-0.39, 0.29) is 5.91 Å². The largest absolute Gasteiger partial charge is 0.494 e. The summed E-state index contributed by atoms with van der Waals surface area (Å²) in [5.74, 6) is 1.60. The summed E-state index contributed by atoms with van der Waals surface area (Å²) in [6.07, 6.45) is 2.07. The lowest BCUT2D eigenvalue weighted by Crippen LogP contribution is -2.12. The van der Waals surface area contributed by atoms with Crippen molar-refractivity contribution >= 4 is 34.2 Å². The minimum atomic E-state index is -0.249. The molecule has 0 aliphatic rings. The van der Waals surface area contributed by atoms with Gasteiger partial charge in [-0.1, -0.05) is 43.1 Å². The van der Waals surface area contributed by atoms with Gasteiger partial charge >= 0.3 is 0 Å². The molecular weight excluding hydrogens is 426 g/mol. The average Bonchev–Trinajstić information content (AvgIpc) is 3.21. The second-order valence-corrected chi connectivity index (χ2v) is 7.75. The molecular formula is C25H24ClN3O3. The fourth-order valence-electron chi connectivity index (χ4n) is 3.17. The van der Waals surface area contributed by atoms with E-state index in [0.29, 0.717) is 35.4 Å². The number of amides is 1. The van der Waals surface area contributed by atoms with Crippen LogP contribution in [0, 0.1) is 0 Å². The van der Waals surface area contributed by atoms with E-state index in [1.54, 1.807) is 24.3 Å². The van der Waals surface area contributed by atoms with Gasteiger partial charge < -0.3 is 14.8 Å². The lowest BCUT2D eigenvalue weighted by atomic mass is 10.2. The Bertz CT molecular complexity index is 1200. The molecule has 1 aromatic heterocycles. The van der Waals surface area contributed by atoms with Crippen molar-refractivity contribution in [1.29, 1.82) is 0 Å². The molecule has 4 rings (SSSR count). The third kappa shape index (κ3) is 5.21. The summed E-state index contributed by atoms with van der Waals surface area (Å²) in [6, 6.07) is 20.2. The maximum absolute atomic E-state index is 12.7. The van der Waals surface area contributed by atoms with Gasteiger partial charge in [-0.2, -0.15) is 5.10 Å². The first-order valence-electron chi connectivity index (χ1n) is 10.5. The molecule has 0 saturated heterocycles. The molecule has 0 aliphatic heterocycles. The monoisotopic (exact) mass is 449 g/mol. The molecule has 0 unspecified atom stereocenters. The molecule has 164 valence electrons. The van der Waals surface area contributed by atoms with Gasteiger partial charge in [0.1, 0.15) is 18.1 Å². The number of benzene rings is 3. The first kappa shape index (κ1) is 21.7. The summed E-state index contributed by atoms with van der Waals surface area (Å²) in [7, 11) is 0. The van der Waals surface area contributed by atoms with Crippen LogP contribution >= 0.6 is 11.6 Å². The number of anilines is 1. The molecule has 6 nitrogen and oxygen atoms in total. The van der Waals surface area contributed by atoms with Crippen LogP contribution in [0.1, 0.15) is 35.7 Å². The van der Waals surface area contributed by atoms with Crippen LogP contribution in [0.2, 0.25) is 5.02 Å². The SMILES string of the molecule is CCCCOc1ccc(C(=O)Nc2n[nH]c3ccc(OCc4ccccc4Cl)cc23)cc1. The van der Waals surface area contributed by atoms with E-state index in [2.05, 4.69) is 22.4 Å². The van der Waals surface area contributed by atoms with Gasteiger partial charge in [-0.15, -0.1) is 0 Å². The second-order valence-electron chi connectivity index (χ2n) is 7.34. The van der Waals surface area contributed by atoms with Crippen molar-refractivity contribution in [3.05, 3.63) is 82.9 Å². The first-order chi connectivity index (χ1) is 15.6. The number of H-pyrrole nitrogens is 1. The van der Waals surface area contributed by atoms with Gasteiger partial charge in [0.25, 0.3) is 5.91 Å². The number of ether oxygens (including phenoxy) is 2. The molecule has 1 amide bonds. The van der Waals surface area contributed by atoms with Gasteiger partial charge in [-0.25, -0.2) is 0 Å². The molecule has 0 atom stereocenters. The summed E-state index contributed by atoms with van der Waals surface area (Å²) >= 11 is 6.20. The predicted octanol–water partition coefficient (Wildman–Crippen LogP) is 6.23. The maximum atomic E-state index is 12.7. The van der Waals surface area contributed by atoms with E-state index in [9.17, 15) is 4.79 Å². The number of carbonyl (C=O) groups is 1. The Kier molecular flexibility index (Phi) is 6.92. The smallest absolute Gasteiger partial charge is 0.256 e. The van der Waals surface area contributed by atoms with Crippen molar-refractivity contribution in [3.8, 4) is 11.5 Å². The molecule has 7 heteroatoms. The molecule has 32 heavy (non-hydrogen) atoms. The molecule has 4 aromatic rings. The van der Waals surface area contributed by atoms with E-state index >= 15 is 0 Å². The van der Waals surface area contributed by atoms with E-state index in [1.165, 1.54) is 0 Å². The van der Waals surface area contributed by atoms with Gasteiger partial charge in [0.15, 0.2) is 5.82 Å². The Balaban J connectivity index is 1.44. The number of hydrogen-bond donors (Lipinski definition) is 2. The number of carbonyl (C=O) groups excluding carboxylic acids is 1. The Labute approximate surface area is 191 Å². The lowest BCUT2D eigenvalue weighted by Gasteiger charge is -2.08. The van der Waals surface area contributed by atoms with Crippen LogP contribution < -0.4 is 14.8 Å². The number of nitrogens with zero attached hydrogens (tertiary/aromatic N) is 1. The second kappa shape index (κ2) is 10.2. The number of aromatic nitrogens is 2. The van der Waals surface area contributed by atoms with Crippen LogP contribution in [0.25, 0.3) is 10.9 Å². The van der Waals surface area contributed by atoms with Gasteiger partial charge in [0.2, 0.25) is 0 Å². The van der Waals surface area contributed by atoms with Crippen LogP contribution in [0.15, 0.2) is 66.7 Å². The fourth-order valence-corrected chi connectivity index (χ4v) is 3.36. The molecule has 2 N–H and O–H groups in total. The van der Waals surface area contributed by atoms with Crippen molar-refractivity contribution in [2.24, 2.45) is 0 Å². The van der Waals surface area contributed by atoms with E-state index in [4.69, 9.17) is 21.1 Å². The van der Waals surface area contributed by atoms with E-state index in [1.807, 2.05) is 42.5 Å². The highest BCUT2D eigenvalue weighted by Gasteiger charge is 2.13. The third-order valence-electron chi connectivity index (χ3n) is 5.00. The molecule has 0 radical (unpaired) electrons. The van der Waals surface area contributed by atoms with Gasteiger partial charge in [0.05, 0.1) is 12.1 Å². The molecule has 0 saturated carbocycles. The van der Waals surface area contributed by atoms with Gasteiger partial charge in [-0.3, -0.25) is 9.89 Å². The van der Waals surface area contributed by atoms with Crippen LogP contribution in [-0.2, 0) is 6.61 Å². The molecule has 0 fully saturated rings. The first-order valence-corrected chi connectivity index (χ1v) is 10.9. The minimum Gasteiger partial charge on any atom is -0.494 e. The highest BCUT2D eigenvalue weighted by molar-refractivity contribution is 6.31. The number of halogens is 1. The summed E-state index contributed by atoms with van der Waals surface area (Å²) in [5, 5.41) is 11.5. The molecule has 0 aliphatic carbocycles. The summed E-state index contributed by atoms with van der Waals surface area (Å²) in [6.45, 7) is 3.13. The van der Waals surface area contributed by atoms with Crippen molar-refractivity contribution in [2.45, 2.75) is 26.4 Å². The highest BCUT2D eigenvalue weighted by atomic mass is 35.5. The van der Waals surface area contributed by atoms with E-state index < -0.39 is 0 Å². The number of nitrogens with one attached hydrogen (secondary N) is 2. The number of rotatable bonds is 9. The third-order valence-corrected chi connectivity index (χ3v) is 5.37. The normalized spacial score (nSPS) is 10.8. The zero-order chi connectivity index (χ0) is 22.3. The number of unbranched alkanes of at least 4 members (excludes halogenated alkanes) is 1. The van der Waals surface area contributed by atoms with E-state index in [0.717, 1.165) is 35.1 Å². The van der Waals surface area contributed by atoms with Gasteiger partial charge in [-0.05, 0) is 55.0 Å². The maximum Gasteiger partial charge on any atom is 0.256 e. The molecule has 3 aromatic carbocycles. The van der Waals surface area contributed by atoms with Crippen LogP contribution in [0.3, 0.4) is 0 Å². The quantitative estimate of drug-likeness (QED) is 0.297. The van der Waals surface area contributed by atoms with Crippen LogP contribution in [0.5, 0.6) is 11.5 Å². The fraction of sp³-hybridized carbons (Fsp3) is 0.200. The highest BCUT2D eigenvalue weighted by Crippen LogP contribution is 2.27. The predicted molar refractivity (Wildman–Crippen MR) is 127 cm³/mol. The van der Waals surface area contributed by atoms with Gasteiger partial charge in [0, 0.05) is 21.5 Å². The zero-order valence-corrected chi connectivity index (χ0v) is 18.5. The topological polar surface area (TPSA) is 76.2 Å². The molecule has 0 spiro atoms. The van der Waals surface area contributed by atoms with Crippen LogP contribution in [0.4, 0.5) is 5.82 Å². The summed E-state index contributed by atoms with van der Waals surface area (Å²) in [5.41, 5.74) is 2.22. The minimum absolute atomic E-state index is 0.249. The zero-order valence-electron chi connectivity index (χ0n) is 17.7. The number of aromatic amines is 1. The Morgan fingerprint density at radius 3 is 2.59 bits per heavy atom. The Hall–Kier alpha value is -3.51. The molecule has 1 heterocycles. The average molecular weight is 450 g/mol. The van der Waals surface area contributed by atoms with Crippen LogP contribution in [-0.4, -0.2) is 22.7 Å². The number of fused-ring (bicyclic) bond motifs is 1.